The highest BCUT2D eigenvalue weighted by atomic mass is 16.6. The summed E-state index contributed by atoms with van der Waals surface area (Å²) in [5, 5.41) is 0. The Morgan fingerprint density at radius 2 is 1.77 bits per heavy atom. The molecular formula is C19H28O3. The van der Waals surface area contributed by atoms with Gasteiger partial charge in [0.2, 0.25) is 0 Å². The monoisotopic (exact) mass is 304 g/mol. The Balaban J connectivity index is 1.68. The number of esters is 1. The van der Waals surface area contributed by atoms with Crippen LogP contribution in [0.4, 0.5) is 0 Å². The van der Waals surface area contributed by atoms with E-state index in [1.165, 1.54) is 36.8 Å². The maximum absolute atomic E-state index is 11.5. The molecule has 0 saturated heterocycles. The SMILES string of the molecule is CC(C)(C)OC(=O)COCCc1ccc(C2CCCC2)cc1. The van der Waals surface area contributed by atoms with Crippen molar-refractivity contribution in [2.75, 3.05) is 13.2 Å². The Morgan fingerprint density at radius 1 is 1.14 bits per heavy atom. The van der Waals surface area contributed by atoms with Crippen LogP contribution in [0.3, 0.4) is 0 Å². The third-order valence-corrected chi connectivity index (χ3v) is 3.98. The number of hydrogen-bond acceptors (Lipinski definition) is 3. The Morgan fingerprint density at radius 3 is 2.36 bits per heavy atom. The maximum Gasteiger partial charge on any atom is 0.332 e. The van der Waals surface area contributed by atoms with Crippen LogP contribution in [-0.2, 0) is 20.7 Å². The average molecular weight is 304 g/mol. The third-order valence-electron chi connectivity index (χ3n) is 3.98. The van der Waals surface area contributed by atoms with Gasteiger partial charge < -0.3 is 9.47 Å². The van der Waals surface area contributed by atoms with E-state index in [4.69, 9.17) is 9.47 Å². The molecule has 1 aliphatic carbocycles. The van der Waals surface area contributed by atoms with Crippen LogP contribution in [0.25, 0.3) is 0 Å². The highest BCUT2D eigenvalue weighted by molar-refractivity contribution is 5.71. The summed E-state index contributed by atoms with van der Waals surface area (Å²) in [5.74, 6) is 0.460. The molecule has 1 aromatic carbocycles. The van der Waals surface area contributed by atoms with Crippen LogP contribution >= 0.6 is 0 Å². The van der Waals surface area contributed by atoms with Crippen LogP contribution in [0.15, 0.2) is 24.3 Å². The number of ether oxygens (including phenoxy) is 2. The van der Waals surface area contributed by atoms with Crippen molar-refractivity contribution in [2.45, 2.75) is 64.4 Å². The first-order valence-corrected chi connectivity index (χ1v) is 8.32. The molecule has 0 aromatic heterocycles. The first kappa shape index (κ1) is 17.0. The highest BCUT2D eigenvalue weighted by Crippen LogP contribution is 2.33. The molecule has 0 spiro atoms. The van der Waals surface area contributed by atoms with Gasteiger partial charge in [0.25, 0.3) is 0 Å². The summed E-state index contributed by atoms with van der Waals surface area (Å²) >= 11 is 0. The number of benzene rings is 1. The molecule has 1 fully saturated rings. The topological polar surface area (TPSA) is 35.5 Å². The molecule has 122 valence electrons. The molecule has 0 amide bonds. The second kappa shape index (κ2) is 7.77. The summed E-state index contributed by atoms with van der Waals surface area (Å²) < 4.78 is 10.6. The fourth-order valence-electron chi connectivity index (χ4n) is 2.93. The normalized spacial score (nSPS) is 16.0. The lowest BCUT2D eigenvalue weighted by atomic mass is 9.96. The molecule has 3 nitrogen and oxygen atoms in total. The molecule has 0 radical (unpaired) electrons. The third kappa shape index (κ3) is 5.80. The molecule has 1 aliphatic rings. The van der Waals surface area contributed by atoms with Gasteiger partial charge in [0.05, 0.1) is 6.61 Å². The molecule has 3 heteroatoms. The van der Waals surface area contributed by atoms with E-state index in [-0.39, 0.29) is 12.6 Å². The number of rotatable bonds is 6. The first-order valence-electron chi connectivity index (χ1n) is 8.32. The lowest BCUT2D eigenvalue weighted by molar-refractivity contribution is -0.160. The molecular weight excluding hydrogens is 276 g/mol. The van der Waals surface area contributed by atoms with Gasteiger partial charge in [-0.05, 0) is 57.1 Å². The van der Waals surface area contributed by atoms with Crippen molar-refractivity contribution in [3.63, 3.8) is 0 Å². The van der Waals surface area contributed by atoms with Gasteiger partial charge >= 0.3 is 5.97 Å². The zero-order valence-corrected chi connectivity index (χ0v) is 14.1. The molecule has 0 N–H and O–H groups in total. The van der Waals surface area contributed by atoms with Crippen LogP contribution in [-0.4, -0.2) is 24.8 Å². The minimum absolute atomic E-state index is 0.0252. The smallest absolute Gasteiger partial charge is 0.332 e. The van der Waals surface area contributed by atoms with Gasteiger partial charge in [-0.25, -0.2) is 4.79 Å². The first-order chi connectivity index (χ1) is 10.4. The van der Waals surface area contributed by atoms with Gasteiger partial charge in [-0.2, -0.15) is 0 Å². The van der Waals surface area contributed by atoms with Crippen LogP contribution in [0.5, 0.6) is 0 Å². The van der Waals surface area contributed by atoms with Gasteiger partial charge in [-0.3, -0.25) is 0 Å². The molecule has 22 heavy (non-hydrogen) atoms. The quantitative estimate of drug-likeness (QED) is 0.582. The fourth-order valence-corrected chi connectivity index (χ4v) is 2.93. The molecule has 1 aromatic rings. The lowest BCUT2D eigenvalue weighted by Crippen LogP contribution is -2.26. The minimum atomic E-state index is -0.448. The summed E-state index contributed by atoms with van der Waals surface area (Å²) in [6.07, 6.45) is 6.22. The summed E-state index contributed by atoms with van der Waals surface area (Å²) in [7, 11) is 0. The number of carbonyl (C=O) groups excluding carboxylic acids is 1. The number of hydrogen-bond donors (Lipinski definition) is 0. The molecule has 0 unspecified atom stereocenters. The van der Waals surface area contributed by atoms with Gasteiger partial charge in [-0.1, -0.05) is 37.1 Å². The van der Waals surface area contributed by atoms with E-state index in [0.29, 0.717) is 6.61 Å². The molecule has 1 saturated carbocycles. The predicted octanol–water partition coefficient (Wildman–Crippen LogP) is 4.25. The van der Waals surface area contributed by atoms with E-state index in [2.05, 4.69) is 24.3 Å². The lowest BCUT2D eigenvalue weighted by Gasteiger charge is -2.19. The van der Waals surface area contributed by atoms with Crippen LogP contribution in [0.1, 0.15) is 63.5 Å². The zero-order valence-electron chi connectivity index (χ0n) is 14.1. The van der Waals surface area contributed by atoms with E-state index in [9.17, 15) is 4.79 Å². The largest absolute Gasteiger partial charge is 0.458 e. The Bertz CT molecular complexity index is 464. The summed E-state index contributed by atoms with van der Waals surface area (Å²) in [4.78, 5) is 11.5. The Kier molecular flexibility index (Phi) is 6.01. The fraction of sp³-hybridized carbons (Fsp3) is 0.632. The van der Waals surface area contributed by atoms with Gasteiger partial charge in [-0.15, -0.1) is 0 Å². The van der Waals surface area contributed by atoms with E-state index >= 15 is 0 Å². The van der Waals surface area contributed by atoms with E-state index in [1.807, 2.05) is 20.8 Å². The van der Waals surface area contributed by atoms with Crippen molar-refractivity contribution in [3.05, 3.63) is 35.4 Å². The minimum Gasteiger partial charge on any atom is -0.458 e. The highest BCUT2D eigenvalue weighted by Gasteiger charge is 2.17. The van der Waals surface area contributed by atoms with Gasteiger partial charge in [0.1, 0.15) is 12.2 Å². The molecule has 0 atom stereocenters. The van der Waals surface area contributed by atoms with Crippen molar-refractivity contribution in [1.82, 2.24) is 0 Å². The molecule has 2 rings (SSSR count). The van der Waals surface area contributed by atoms with E-state index in [1.54, 1.807) is 0 Å². The summed E-state index contributed by atoms with van der Waals surface area (Å²) in [6.45, 7) is 6.14. The summed E-state index contributed by atoms with van der Waals surface area (Å²) in [6, 6.07) is 8.87. The van der Waals surface area contributed by atoms with Crippen molar-refractivity contribution >= 4 is 5.97 Å². The van der Waals surface area contributed by atoms with Gasteiger partial charge in [0, 0.05) is 0 Å². The second-order valence-electron chi connectivity index (χ2n) is 7.11. The standard InChI is InChI=1S/C19H28O3/c1-19(2,3)22-18(20)14-21-13-12-15-8-10-17(11-9-15)16-6-4-5-7-16/h8-11,16H,4-7,12-14H2,1-3H3. The zero-order chi connectivity index (χ0) is 16.0. The van der Waals surface area contributed by atoms with Crippen LogP contribution in [0.2, 0.25) is 0 Å². The van der Waals surface area contributed by atoms with Crippen molar-refractivity contribution in [3.8, 4) is 0 Å². The summed E-state index contributed by atoms with van der Waals surface area (Å²) in [5.41, 5.74) is 2.28. The average Bonchev–Trinajstić information content (AvgIpc) is 2.96. The van der Waals surface area contributed by atoms with Crippen molar-refractivity contribution < 1.29 is 14.3 Å². The van der Waals surface area contributed by atoms with E-state index < -0.39 is 5.60 Å². The number of carbonyl (C=O) groups is 1. The van der Waals surface area contributed by atoms with Crippen molar-refractivity contribution in [2.24, 2.45) is 0 Å². The Hall–Kier alpha value is -1.35. The second-order valence-corrected chi connectivity index (χ2v) is 7.11. The Labute approximate surface area is 134 Å². The van der Waals surface area contributed by atoms with Crippen molar-refractivity contribution in [1.29, 1.82) is 0 Å². The van der Waals surface area contributed by atoms with E-state index in [0.717, 1.165) is 12.3 Å². The molecule has 0 aliphatic heterocycles. The van der Waals surface area contributed by atoms with Gasteiger partial charge in [0.15, 0.2) is 0 Å². The molecule has 0 bridgehead atoms. The van der Waals surface area contributed by atoms with Crippen LogP contribution < -0.4 is 0 Å². The predicted molar refractivity (Wildman–Crippen MR) is 88.0 cm³/mol. The van der Waals surface area contributed by atoms with Crippen LogP contribution in [0, 0.1) is 0 Å². The molecule has 0 heterocycles. The maximum atomic E-state index is 11.5.